The number of rotatable bonds is 2. The molecule has 1 aromatic carbocycles. The van der Waals surface area contributed by atoms with E-state index in [4.69, 9.17) is 16.3 Å². The molecule has 0 amide bonds. The first-order valence-corrected chi connectivity index (χ1v) is 5.84. The third-order valence-electron chi connectivity index (χ3n) is 2.87. The lowest BCUT2D eigenvalue weighted by molar-refractivity contribution is 0.0695. The predicted octanol–water partition coefficient (Wildman–Crippen LogP) is 2.26. The summed E-state index contributed by atoms with van der Waals surface area (Å²) in [5.41, 5.74) is 0.948. The van der Waals surface area contributed by atoms with Gasteiger partial charge < -0.3 is 14.7 Å². The Bertz CT molecular complexity index is 436. The molecule has 1 aliphatic heterocycles. The Hall–Kier alpha value is -1.26. The van der Waals surface area contributed by atoms with E-state index in [1.807, 2.05) is 11.8 Å². The van der Waals surface area contributed by atoms with Gasteiger partial charge in [0.25, 0.3) is 0 Å². The van der Waals surface area contributed by atoms with Crippen molar-refractivity contribution in [3.05, 3.63) is 28.8 Å². The van der Waals surface area contributed by atoms with Gasteiger partial charge in [-0.25, -0.2) is 4.79 Å². The number of benzene rings is 1. The zero-order valence-electron chi connectivity index (χ0n) is 9.52. The Kier molecular flexibility index (Phi) is 3.54. The van der Waals surface area contributed by atoms with Crippen molar-refractivity contribution in [2.24, 2.45) is 0 Å². The van der Waals surface area contributed by atoms with Gasteiger partial charge in [-0.05, 0) is 25.1 Å². The van der Waals surface area contributed by atoms with Crippen LogP contribution in [0.15, 0.2) is 18.2 Å². The van der Waals surface area contributed by atoms with Crippen LogP contribution in [0.4, 0.5) is 5.69 Å². The minimum absolute atomic E-state index is 0.169. The Labute approximate surface area is 105 Å². The summed E-state index contributed by atoms with van der Waals surface area (Å²) in [6.07, 6.45) is 0. The van der Waals surface area contributed by atoms with Gasteiger partial charge in [0.15, 0.2) is 0 Å². The van der Waals surface area contributed by atoms with E-state index in [1.165, 1.54) is 6.07 Å². The lowest BCUT2D eigenvalue weighted by atomic mass is 10.1. The van der Waals surface area contributed by atoms with Crippen LogP contribution < -0.4 is 4.90 Å². The van der Waals surface area contributed by atoms with Crippen molar-refractivity contribution in [1.29, 1.82) is 0 Å². The highest BCUT2D eigenvalue weighted by Crippen LogP contribution is 2.27. The molecule has 1 fully saturated rings. The highest BCUT2D eigenvalue weighted by atomic mass is 35.5. The first-order valence-electron chi connectivity index (χ1n) is 5.47. The van der Waals surface area contributed by atoms with Gasteiger partial charge in [0.1, 0.15) is 0 Å². The third-order valence-corrected chi connectivity index (χ3v) is 3.10. The lowest BCUT2D eigenvalue weighted by Gasteiger charge is -2.36. The summed E-state index contributed by atoms with van der Waals surface area (Å²) < 4.78 is 5.34. The fourth-order valence-electron chi connectivity index (χ4n) is 2.02. The van der Waals surface area contributed by atoms with Crippen molar-refractivity contribution < 1.29 is 14.6 Å². The van der Waals surface area contributed by atoms with Crippen LogP contribution >= 0.6 is 11.6 Å². The quantitative estimate of drug-likeness (QED) is 0.881. The molecule has 0 saturated carbocycles. The topological polar surface area (TPSA) is 49.8 Å². The van der Waals surface area contributed by atoms with Crippen LogP contribution in [-0.2, 0) is 4.74 Å². The number of halogens is 1. The Morgan fingerprint density at radius 2 is 2.35 bits per heavy atom. The Balaban J connectivity index is 2.39. The molecule has 1 unspecified atom stereocenters. The SMILES string of the molecule is CC1COCCN1c1ccc(Cl)cc1C(=O)O. The summed E-state index contributed by atoms with van der Waals surface area (Å²) in [6.45, 7) is 3.94. The number of carboxylic acid groups (broad SMARTS) is 1. The van der Waals surface area contributed by atoms with Crippen molar-refractivity contribution in [3.63, 3.8) is 0 Å². The van der Waals surface area contributed by atoms with E-state index in [9.17, 15) is 9.90 Å². The summed E-state index contributed by atoms with van der Waals surface area (Å²) in [5.74, 6) is -0.957. The van der Waals surface area contributed by atoms with Gasteiger partial charge >= 0.3 is 5.97 Å². The Morgan fingerprint density at radius 1 is 1.59 bits per heavy atom. The van der Waals surface area contributed by atoms with Gasteiger partial charge in [-0.1, -0.05) is 11.6 Å². The summed E-state index contributed by atoms with van der Waals surface area (Å²) in [7, 11) is 0. The molecular weight excluding hydrogens is 242 g/mol. The number of anilines is 1. The van der Waals surface area contributed by atoms with Crippen molar-refractivity contribution in [3.8, 4) is 0 Å². The minimum atomic E-state index is -0.957. The molecule has 0 aromatic heterocycles. The van der Waals surface area contributed by atoms with Crippen LogP contribution in [0, 0.1) is 0 Å². The van der Waals surface area contributed by atoms with Crippen molar-refractivity contribution >= 4 is 23.3 Å². The maximum Gasteiger partial charge on any atom is 0.337 e. The molecule has 2 rings (SSSR count). The molecule has 1 atom stereocenters. The smallest absolute Gasteiger partial charge is 0.337 e. The van der Waals surface area contributed by atoms with Gasteiger partial charge in [-0.2, -0.15) is 0 Å². The molecule has 0 bridgehead atoms. The van der Waals surface area contributed by atoms with Crippen LogP contribution in [-0.4, -0.2) is 36.9 Å². The van der Waals surface area contributed by atoms with Crippen LogP contribution in [0.3, 0.4) is 0 Å². The van der Waals surface area contributed by atoms with Gasteiger partial charge in [-0.15, -0.1) is 0 Å². The van der Waals surface area contributed by atoms with Crippen molar-refractivity contribution in [2.75, 3.05) is 24.7 Å². The van der Waals surface area contributed by atoms with Crippen molar-refractivity contribution in [2.45, 2.75) is 13.0 Å². The second-order valence-corrected chi connectivity index (χ2v) is 4.52. The molecule has 1 N–H and O–H groups in total. The van der Waals surface area contributed by atoms with Gasteiger partial charge in [0, 0.05) is 17.6 Å². The summed E-state index contributed by atoms with van der Waals surface area (Å²) in [4.78, 5) is 13.3. The number of ether oxygens (including phenoxy) is 1. The van der Waals surface area contributed by atoms with Crippen molar-refractivity contribution in [1.82, 2.24) is 0 Å². The number of hydrogen-bond donors (Lipinski definition) is 1. The number of aromatic carboxylic acids is 1. The van der Waals surface area contributed by atoms with E-state index in [1.54, 1.807) is 12.1 Å². The number of morpholine rings is 1. The fourth-order valence-corrected chi connectivity index (χ4v) is 2.19. The number of carboxylic acids is 1. The molecule has 0 radical (unpaired) electrons. The number of hydrogen-bond acceptors (Lipinski definition) is 3. The number of carbonyl (C=O) groups is 1. The molecule has 5 heteroatoms. The minimum Gasteiger partial charge on any atom is -0.478 e. The largest absolute Gasteiger partial charge is 0.478 e. The van der Waals surface area contributed by atoms with E-state index < -0.39 is 5.97 Å². The van der Waals surface area contributed by atoms with Gasteiger partial charge in [0.2, 0.25) is 0 Å². The highest BCUT2D eigenvalue weighted by Gasteiger charge is 2.23. The fraction of sp³-hybridized carbons (Fsp3) is 0.417. The second kappa shape index (κ2) is 4.94. The van der Waals surface area contributed by atoms with E-state index >= 15 is 0 Å². The van der Waals surface area contributed by atoms with E-state index in [0.717, 1.165) is 0 Å². The first-order chi connectivity index (χ1) is 8.09. The molecule has 0 spiro atoms. The highest BCUT2D eigenvalue weighted by molar-refractivity contribution is 6.31. The normalized spacial score (nSPS) is 20.4. The van der Waals surface area contributed by atoms with Gasteiger partial charge in [-0.3, -0.25) is 0 Å². The standard InChI is InChI=1S/C12H14ClNO3/c1-8-7-17-5-4-14(8)11-3-2-9(13)6-10(11)12(15)16/h2-3,6,8H,4-5,7H2,1H3,(H,15,16). The zero-order chi connectivity index (χ0) is 12.4. The first kappa shape index (κ1) is 12.2. The summed E-state index contributed by atoms with van der Waals surface area (Å²) in [6, 6.07) is 5.13. The monoisotopic (exact) mass is 255 g/mol. The van der Waals surface area contributed by atoms with E-state index in [0.29, 0.717) is 30.5 Å². The van der Waals surface area contributed by atoms with E-state index in [2.05, 4.69) is 0 Å². The molecule has 1 saturated heterocycles. The average molecular weight is 256 g/mol. The molecule has 4 nitrogen and oxygen atoms in total. The van der Waals surface area contributed by atoms with Crippen LogP contribution in [0.1, 0.15) is 17.3 Å². The molecule has 1 aliphatic rings. The number of nitrogens with zero attached hydrogens (tertiary/aromatic N) is 1. The summed E-state index contributed by atoms with van der Waals surface area (Å²) >= 11 is 5.83. The summed E-state index contributed by atoms with van der Waals surface area (Å²) in [5, 5.41) is 9.63. The van der Waals surface area contributed by atoms with E-state index in [-0.39, 0.29) is 11.6 Å². The van der Waals surface area contributed by atoms with Crippen LogP contribution in [0.25, 0.3) is 0 Å². The van der Waals surface area contributed by atoms with Crippen LogP contribution in [0.2, 0.25) is 5.02 Å². The second-order valence-electron chi connectivity index (χ2n) is 4.08. The molecule has 1 aromatic rings. The predicted molar refractivity (Wildman–Crippen MR) is 66.0 cm³/mol. The molecule has 0 aliphatic carbocycles. The molecule has 92 valence electrons. The molecular formula is C12H14ClNO3. The third kappa shape index (κ3) is 2.53. The average Bonchev–Trinajstić information content (AvgIpc) is 2.30. The Morgan fingerprint density at radius 3 is 3.00 bits per heavy atom. The maximum absolute atomic E-state index is 11.2. The maximum atomic E-state index is 11.2. The van der Waals surface area contributed by atoms with Gasteiger partial charge in [0.05, 0.1) is 24.5 Å². The molecule has 17 heavy (non-hydrogen) atoms. The lowest BCUT2D eigenvalue weighted by Crippen LogP contribution is -2.44. The molecule has 1 heterocycles. The van der Waals surface area contributed by atoms with Crippen LogP contribution in [0.5, 0.6) is 0 Å². The zero-order valence-corrected chi connectivity index (χ0v) is 10.3.